The highest BCUT2D eigenvalue weighted by Crippen LogP contribution is 2.27. The van der Waals surface area contributed by atoms with Crippen LogP contribution in [0.1, 0.15) is 33.8 Å². The molecule has 0 radical (unpaired) electrons. The van der Waals surface area contributed by atoms with Crippen LogP contribution in [-0.2, 0) is 11.2 Å². The lowest BCUT2D eigenvalue weighted by molar-refractivity contribution is -0.123. The van der Waals surface area contributed by atoms with Crippen molar-refractivity contribution < 1.29 is 14.0 Å². The quantitative estimate of drug-likeness (QED) is 0.594. The van der Waals surface area contributed by atoms with Crippen molar-refractivity contribution in [2.24, 2.45) is 5.92 Å². The molecule has 0 saturated carbocycles. The first-order valence-electron chi connectivity index (χ1n) is 10.1. The Morgan fingerprint density at radius 3 is 2.58 bits per heavy atom. The molecule has 0 spiro atoms. The molecule has 0 N–H and O–H groups in total. The van der Waals surface area contributed by atoms with E-state index >= 15 is 0 Å². The Hall–Kier alpha value is -3.37. The SMILES string of the molecule is N#Cc1ccccc1C(=O)N1CCC(C(=O)Cc2nc(-c3ccccc3F)cs2)CC1. The molecule has 0 bridgehead atoms. The summed E-state index contributed by atoms with van der Waals surface area (Å²) in [5.74, 6) is -0.534. The van der Waals surface area contributed by atoms with Gasteiger partial charge in [0.15, 0.2) is 0 Å². The third-order valence-corrected chi connectivity index (χ3v) is 6.39. The summed E-state index contributed by atoms with van der Waals surface area (Å²) in [7, 11) is 0. The lowest BCUT2D eigenvalue weighted by Gasteiger charge is -2.31. The normalized spacial score (nSPS) is 14.3. The highest BCUT2D eigenvalue weighted by molar-refractivity contribution is 7.10. The number of thiazole rings is 1. The second-order valence-electron chi connectivity index (χ2n) is 7.47. The largest absolute Gasteiger partial charge is 0.339 e. The number of benzene rings is 2. The van der Waals surface area contributed by atoms with Crippen LogP contribution in [-0.4, -0.2) is 34.7 Å². The van der Waals surface area contributed by atoms with Gasteiger partial charge in [-0.1, -0.05) is 24.3 Å². The van der Waals surface area contributed by atoms with Gasteiger partial charge in [-0.05, 0) is 37.1 Å². The van der Waals surface area contributed by atoms with Gasteiger partial charge in [-0.2, -0.15) is 5.26 Å². The Labute approximate surface area is 183 Å². The Kier molecular flexibility index (Phi) is 6.19. The molecule has 0 aliphatic carbocycles. The molecule has 7 heteroatoms. The third-order valence-electron chi connectivity index (χ3n) is 5.54. The number of hydrogen-bond donors (Lipinski definition) is 0. The third kappa shape index (κ3) is 4.54. The van der Waals surface area contributed by atoms with E-state index in [1.54, 1.807) is 52.7 Å². The number of nitriles is 1. The Morgan fingerprint density at radius 2 is 1.84 bits per heavy atom. The van der Waals surface area contributed by atoms with Crippen molar-refractivity contribution >= 4 is 23.0 Å². The van der Waals surface area contributed by atoms with E-state index in [1.165, 1.54) is 17.4 Å². The molecule has 2 heterocycles. The average Bonchev–Trinajstić information content (AvgIpc) is 3.27. The predicted molar refractivity (Wildman–Crippen MR) is 116 cm³/mol. The van der Waals surface area contributed by atoms with E-state index in [2.05, 4.69) is 11.1 Å². The van der Waals surface area contributed by atoms with Gasteiger partial charge in [0.1, 0.15) is 16.6 Å². The number of nitrogens with zero attached hydrogens (tertiary/aromatic N) is 3. The lowest BCUT2D eigenvalue weighted by atomic mass is 9.90. The molecule has 4 rings (SSSR count). The molecule has 2 aromatic carbocycles. The molecular weight excluding hydrogens is 413 g/mol. The fourth-order valence-corrected chi connectivity index (χ4v) is 4.62. The minimum Gasteiger partial charge on any atom is -0.339 e. The molecule has 1 saturated heterocycles. The van der Waals surface area contributed by atoms with Crippen LogP contribution < -0.4 is 0 Å². The molecule has 0 unspecified atom stereocenters. The summed E-state index contributed by atoms with van der Waals surface area (Å²) < 4.78 is 14.0. The number of rotatable bonds is 5. The van der Waals surface area contributed by atoms with Crippen LogP contribution in [0.5, 0.6) is 0 Å². The number of aromatic nitrogens is 1. The Bertz CT molecular complexity index is 1160. The summed E-state index contributed by atoms with van der Waals surface area (Å²) in [6.07, 6.45) is 1.39. The number of Topliss-reactive ketones (excluding diaryl/α,β-unsaturated/α-hetero) is 1. The summed E-state index contributed by atoms with van der Waals surface area (Å²) >= 11 is 1.36. The highest BCUT2D eigenvalue weighted by atomic mass is 32.1. The van der Waals surface area contributed by atoms with Crippen LogP contribution in [0.25, 0.3) is 11.3 Å². The van der Waals surface area contributed by atoms with Gasteiger partial charge in [0, 0.05) is 30.0 Å². The number of piperidine rings is 1. The fraction of sp³-hybridized carbons (Fsp3) is 0.250. The topological polar surface area (TPSA) is 74.1 Å². The lowest BCUT2D eigenvalue weighted by Crippen LogP contribution is -2.40. The second kappa shape index (κ2) is 9.19. The van der Waals surface area contributed by atoms with Gasteiger partial charge in [0.05, 0.1) is 29.3 Å². The van der Waals surface area contributed by atoms with E-state index in [0.717, 1.165) is 0 Å². The van der Waals surface area contributed by atoms with Crippen molar-refractivity contribution in [3.63, 3.8) is 0 Å². The van der Waals surface area contributed by atoms with Crippen molar-refractivity contribution in [2.75, 3.05) is 13.1 Å². The maximum atomic E-state index is 14.0. The van der Waals surface area contributed by atoms with Gasteiger partial charge < -0.3 is 4.90 Å². The zero-order valence-electron chi connectivity index (χ0n) is 16.8. The van der Waals surface area contributed by atoms with Gasteiger partial charge in [0.2, 0.25) is 0 Å². The molecule has 0 atom stereocenters. The molecule has 1 aliphatic rings. The number of hydrogen-bond acceptors (Lipinski definition) is 5. The van der Waals surface area contributed by atoms with E-state index in [4.69, 9.17) is 0 Å². The van der Waals surface area contributed by atoms with E-state index in [1.807, 2.05) is 0 Å². The molecule has 31 heavy (non-hydrogen) atoms. The fourth-order valence-electron chi connectivity index (χ4n) is 3.82. The number of carbonyl (C=O) groups is 2. The van der Waals surface area contributed by atoms with Crippen LogP contribution in [0.3, 0.4) is 0 Å². The van der Waals surface area contributed by atoms with Crippen LogP contribution >= 0.6 is 11.3 Å². The Morgan fingerprint density at radius 1 is 1.13 bits per heavy atom. The summed E-state index contributed by atoms with van der Waals surface area (Å²) in [6, 6.07) is 15.3. The maximum Gasteiger partial charge on any atom is 0.255 e. The van der Waals surface area contributed by atoms with Crippen LogP contribution in [0.2, 0.25) is 0 Å². The molecule has 1 fully saturated rings. The number of likely N-dealkylation sites (tertiary alicyclic amines) is 1. The van der Waals surface area contributed by atoms with Crippen LogP contribution in [0, 0.1) is 23.1 Å². The van der Waals surface area contributed by atoms with Crippen molar-refractivity contribution in [1.29, 1.82) is 5.26 Å². The second-order valence-corrected chi connectivity index (χ2v) is 8.42. The summed E-state index contributed by atoms with van der Waals surface area (Å²) in [6.45, 7) is 0.959. The minimum absolute atomic E-state index is 0.0963. The van der Waals surface area contributed by atoms with Crippen molar-refractivity contribution in [2.45, 2.75) is 19.3 Å². The minimum atomic E-state index is -0.333. The van der Waals surface area contributed by atoms with Crippen molar-refractivity contribution in [3.05, 3.63) is 75.9 Å². The summed E-state index contributed by atoms with van der Waals surface area (Å²) in [5.41, 5.74) is 1.74. The maximum absolute atomic E-state index is 14.0. The highest BCUT2D eigenvalue weighted by Gasteiger charge is 2.29. The zero-order chi connectivity index (χ0) is 21.8. The summed E-state index contributed by atoms with van der Waals surface area (Å²) in [5, 5.41) is 11.7. The van der Waals surface area contributed by atoms with Gasteiger partial charge in [0.25, 0.3) is 5.91 Å². The smallest absolute Gasteiger partial charge is 0.255 e. The molecule has 1 amide bonds. The number of amides is 1. The molecule has 3 aromatic rings. The number of ketones is 1. The summed E-state index contributed by atoms with van der Waals surface area (Å²) in [4.78, 5) is 31.7. The first kappa shape index (κ1) is 20.9. The van der Waals surface area contributed by atoms with Gasteiger partial charge >= 0.3 is 0 Å². The van der Waals surface area contributed by atoms with Gasteiger partial charge in [-0.25, -0.2) is 9.37 Å². The van der Waals surface area contributed by atoms with Crippen LogP contribution in [0.4, 0.5) is 4.39 Å². The molecule has 156 valence electrons. The first-order chi connectivity index (χ1) is 15.1. The van der Waals surface area contributed by atoms with E-state index in [-0.39, 0.29) is 29.8 Å². The first-order valence-corrected chi connectivity index (χ1v) is 10.9. The molecule has 5 nitrogen and oxygen atoms in total. The van der Waals surface area contributed by atoms with Gasteiger partial charge in [-0.3, -0.25) is 9.59 Å². The standard InChI is InChI=1S/C24H20FN3O2S/c25-20-8-4-3-7-19(20)21-15-31-23(27-21)13-22(29)16-9-11-28(12-10-16)24(30)18-6-2-1-5-17(18)14-26/h1-8,15-16H,9-13H2. The van der Waals surface area contributed by atoms with E-state index in [0.29, 0.717) is 53.3 Å². The number of halogens is 1. The van der Waals surface area contributed by atoms with E-state index < -0.39 is 0 Å². The zero-order valence-corrected chi connectivity index (χ0v) is 17.6. The average molecular weight is 434 g/mol. The predicted octanol–water partition coefficient (Wildman–Crippen LogP) is 4.48. The molecule has 1 aromatic heterocycles. The van der Waals surface area contributed by atoms with Crippen molar-refractivity contribution in [1.82, 2.24) is 9.88 Å². The van der Waals surface area contributed by atoms with Crippen molar-refractivity contribution in [3.8, 4) is 17.3 Å². The van der Waals surface area contributed by atoms with E-state index in [9.17, 15) is 19.2 Å². The molecular formula is C24H20FN3O2S. The number of carbonyl (C=O) groups excluding carboxylic acids is 2. The molecule has 1 aliphatic heterocycles. The van der Waals surface area contributed by atoms with Gasteiger partial charge in [-0.15, -0.1) is 11.3 Å². The Balaban J connectivity index is 1.35. The monoisotopic (exact) mass is 433 g/mol. The van der Waals surface area contributed by atoms with Crippen LogP contribution in [0.15, 0.2) is 53.9 Å².